The minimum atomic E-state index is -1.19. The molecule has 18 nitrogen and oxygen atoms in total. The highest BCUT2D eigenvalue weighted by molar-refractivity contribution is 6.63. The van der Waals surface area contributed by atoms with Gasteiger partial charge in [-0.15, -0.1) is 0 Å². The third-order valence-electron chi connectivity index (χ3n) is 12.3. The van der Waals surface area contributed by atoms with E-state index in [1.54, 1.807) is 6.92 Å². The molecule has 4 heterocycles. The monoisotopic (exact) mass is 854 g/mol. The molecule has 62 heavy (non-hydrogen) atoms. The molecule has 6 N–H and O–H groups in total. The number of ketones is 4. The van der Waals surface area contributed by atoms with E-state index in [0.717, 1.165) is 0 Å². The summed E-state index contributed by atoms with van der Waals surface area (Å²) in [5.74, 6) is -8.09. The zero-order valence-corrected chi connectivity index (χ0v) is 34.7. The van der Waals surface area contributed by atoms with E-state index in [2.05, 4.69) is 10.6 Å². The summed E-state index contributed by atoms with van der Waals surface area (Å²) in [6.45, 7) is 3.59. The van der Waals surface area contributed by atoms with Crippen molar-refractivity contribution >= 4 is 51.9 Å². The second-order valence-corrected chi connectivity index (χ2v) is 15.6. The van der Waals surface area contributed by atoms with Gasteiger partial charge in [0, 0.05) is 68.4 Å². The molecular formula is C44H46N4O14. The van der Waals surface area contributed by atoms with E-state index >= 15 is 0 Å². The predicted molar refractivity (Wildman–Crippen MR) is 220 cm³/mol. The van der Waals surface area contributed by atoms with Crippen LogP contribution in [-0.4, -0.2) is 140 Å². The van der Waals surface area contributed by atoms with E-state index in [1.807, 2.05) is 0 Å². The standard InChI is InChI=1S/C44H46N4O14/c1-19-21-5-9-45-33(21)30(42(56)37(19)51)29-24-8-12-48(26(50)18-62-16-14-60-4)36(24)32(44(58)41(29)55)27-22-6-10-46-34(22)31(43(57)40(27)54)28-23-7-11-47(25(49)17-61-15-13-59-3)35(23)20(2)38(52)39(28)53/h45-46,51,55-56,58H,5-18H2,1-4H3. The molecular weight excluding hydrogens is 808 g/mol. The van der Waals surface area contributed by atoms with Crippen LogP contribution in [0.4, 0.5) is 11.4 Å². The van der Waals surface area contributed by atoms with E-state index in [4.69, 9.17) is 18.9 Å². The predicted octanol–water partition coefficient (Wildman–Crippen LogP) is 1.78. The number of ether oxygens (including phenoxy) is 4. The first kappa shape index (κ1) is 42.4. The Balaban J connectivity index is 1.33. The van der Waals surface area contributed by atoms with E-state index in [9.17, 15) is 49.2 Å². The molecule has 4 aliphatic heterocycles. The van der Waals surface area contributed by atoms with Crippen LogP contribution in [0.5, 0.6) is 23.0 Å². The number of nitrogens with one attached hydrogen (secondary N) is 2. The van der Waals surface area contributed by atoms with Gasteiger partial charge in [-0.2, -0.15) is 0 Å². The van der Waals surface area contributed by atoms with Crippen molar-refractivity contribution in [2.24, 2.45) is 0 Å². The van der Waals surface area contributed by atoms with Gasteiger partial charge in [-0.1, -0.05) is 0 Å². The number of anilines is 2. The number of amides is 2. The highest BCUT2D eigenvalue weighted by Crippen LogP contribution is 2.59. The topological polar surface area (TPSA) is 251 Å². The number of nitrogens with zero attached hydrogens (tertiary/aromatic N) is 2. The van der Waals surface area contributed by atoms with Gasteiger partial charge in [0.25, 0.3) is 11.8 Å². The minimum Gasteiger partial charge on any atom is -0.504 e. The van der Waals surface area contributed by atoms with Crippen molar-refractivity contribution in [2.75, 3.05) is 90.3 Å². The molecule has 0 spiro atoms. The molecule has 0 radical (unpaired) electrons. The van der Waals surface area contributed by atoms with E-state index < -0.39 is 64.6 Å². The maximum atomic E-state index is 14.8. The van der Waals surface area contributed by atoms with Crippen LogP contribution in [0, 0.1) is 6.92 Å². The van der Waals surface area contributed by atoms with Crippen LogP contribution < -0.4 is 15.5 Å². The van der Waals surface area contributed by atoms with Crippen molar-refractivity contribution in [2.45, 2.75) is 39.5 Å². The molecule has 2 aromatic rings. The zero-order valence-electron chi connectivity index (χ0n) is 34.7. The van der Waals surface area contributed by atoms with Crippen molar-refractivity contribution in [1.82, 2.24) is 10.2 Å². The molecule has 2 amide bonds. The van der Waals surface area contributed by atoms with Gasteiger partial charge >= 0.3 is 0 Å². The van der Waals surface area contributed by atoms with Crippen LogP contribution in [0.25, 0.3) is 16.7 Å². The first-order valence-corrected chi connectivity index (χ1v) is 20.3. The smallest absolute Gasteiger partial charge is 0.253 e. The number of allylic oxidation sites excluding steroid dienone is 6. The number of hydrogen-bond donors (Lipinski definition) is 6. The summed E-state index contributed by atoms with van der Waals surface area (Å²) in [7, 11) is 2.96. The summed E-state index contributed by atoms with van der Waals surface area (Å²) < 4.78 is 21.0. The Kier molecular flexibility index (Phi) is 11.3. The largest absolute Gasteiger partial charge is 0.504 e. The van der Waals surface area contributed by atoms with Crippen LogP contribution >= 0.6 is 0 Å². The Morgan fingerprint density at radius 2 is 1.18 bits per heavy atom. The number of benzene rings is 2. The summed E-state index contributed by atoms with van der Waals surface area (Å²) >= 11 is 0. The van der Waals surface area contributed by atoms with Crippen LogP contribution in [-0.2, 0) is 60.6 Å². The molecule has 0 unspecified atom stereocenters. The second kappa shape index (κ2) is 16.5. The Hall–Kier alpha value is -6.34. The number of Topliss-reactive ketones (excluding diaryl/α,β-unsaturated/α-hetero) is 4. The Morgan fingerprint density at radius 1 is 0.597 bits per heavy atom. The third kappa shape index (κ3) is 6.47. The lowest BCUT2D eigenvalue weighted by molar-refractivity contribution is -0.134. The molecule has 326 valence electrons. The maximum Gasteiger partial charge on any atom is 0.253 e. The van der Waals surface area contributed by atoms with Crippen LogP contribution in [0.1, 0.15) is 42.0 Å². The highest BCUT2D eigenvalue weighted by atomic mass is 16.5. The Labute approximate surface area is 355 Å². The van der Waals surface area contributed by atoms with Gasteiger partial charge in [-0.05, 0) is 67.4 Å². The number of carbonyl (C=O) groups is 6. The average molecular weight is 855 g/mol. The van der Waals surface area contributed by atoms with Crippen molar-refractivity contribution in [1.29, 1.82) is 0 Å². The maximum absolute atomic E-state index is 14.8. The van der Waals surface area contributed by atoms with E-state index in [1.165, 1.54) is 30.9 Å². The number of hydrogen-bond acceptors (Lipinski definition) is 16. The summed E-state index contributed by atoms with van der Waals surface area (Å²) in [4.78, 5) is 87.1. The molecule has 8 rings (SSSR count). The van der Waals surface area contributed by atoms with Gasteiger partial charge in [0.1, 0.15) is 13.2 Å². The number of phenolic OH excluding ortho intramolecular Hbond substituents is 4. The first-order chi connectivity index (χ1) is 29.8. The lowest BCUT2D eigenvalue weighted by Crippen LogP contribution is -2.37. The van der Waals surface area contributed by atoms with Gasteiger partial charge in [0.2, 0.25) is 23.1 Å². The van der Waals surface area contributed by atoms with Crippen LogP contribution in [0.2, 0.25) is 0 Å². The van der Waals surface area contributed by atoms with E-state index in [0.29, 0.717) is 29.8 Å². The molecule has 2 saturated heterocycles. The zero-order chi connectivity index (χ0) is 44.3. The van der Waals surface area contributed by atoms with Crippen LogP contribution in [0.15, 0.2) is 39.3 Å². The minimum absolute atomic E-state index is 0.00768. The summed E-state index contributed by atoms with van der Waals surface area (Å²) in [5.41, 5.74) is 0.934. The number of rotatable bonds is 13. The lowest BCUT2D eigenvalue weighted by atomic mass is 9.75. The lowest BCUT2D eigenvalue weighted by Gasteiger charge is -2.29. The quantitative estimate of drug-likeness (QED) is 0.0552. The fourth-order valence-electron chi connectivity index (χ4n) is 9.46. The van der Waals surface area contributed by atoms with Crippen molar-refractivity contribution < 1.29 is 68.1 Å². The number of likely N-dealkylation sites (tertiary alicyclic amines) is 1. The third-order valence-corrected chi connectivity index (χ3v) is 12.3. The molecule has 2 aromatic carbocycles. The molecule has 0 saturated carbocycles. The summed E-state index contributed by atoms with van der Waals surface area (Å²) in [6, 6.07) is 0. The van der Waals surface area contributed by atoms with E-state index in [-0.39, 0.29) is 145 Å². The molecule has 6 aliphatic rings. The van der Waals surface area contributed by atoms with Gasteiger partial charge in [-0.3, -0.25) is 28.8 Å². The summed E-state index contributed by atoms with van der Waals surface area (Å²) in [6.07, 6.45) is 0.694. The molecule has 0 aromatic heterocycles. The molecule has 18 heteroatoms. The number of phenols is 4. The van der Waals surface area contributed by atoms with Gasteiger partial charge in [-0.25, -0.2) is 0 Å². The number of fused-ring (bicyclic) bond motifs is 4. The van der Waals surface area contributed by atoms with Gasteiger partial charge < -0.3 is 59.8 Å². The molecule has 0 bridgehead atoms. The highest BCUT2D eigenvalue weighted by Gasteiger charge is 2.49. The molecule has 2 fully saturated rings. The molecule has 0 atom stereocenters. The normalized spacial score (nSPS) is 18.3. The number of aromatic hydroxyl groups is 4. The number of carbonyl (C=O) groups excluding carboxylic acids is 6. The first-order valence-electron chi connectivity index (χ1n) is 20.3. The second-order valence-electron chi connectivity index (χ2n) is 15.6. The Bertz CT molecular complexity index is 2550. The van der Waals surface area contributed by atoms with Crippen molar-refractivity contribution in [3.63, 3.8) is 0 Å². The fourth-order valence-corrected chi connectivity index (χ4v) is 9.46. The SMILES string of the molecule is COCCOCC(=O)N1CCC2=C(C3=C4NCCC4=C(c4c(O)c(O)c(-c5c(O)c(O)c(C)c6c5NCC6)c5c4N(C(=O)COCCOC)CC5)C(=O)C3=O)C(=O)C(=O)C(C)=C21. The average Bonchev–Trinajstić information content (AvgIpc) is 4.10. The van der Waals surface area contributed by atoms with Crippen LogP contribution in [0.3, 0.4) is 0 Å². The van der Waals surface area contributed by atoms with Gasteiger partial charge in [0.15, 0.2) is 23.0 Å². The van der Waals surface area contributed by atoms with Crippen molar-refractivity contribution in [3.05, 3.63) is 61.5 Å². The number of methoxy groups -OCH3 is 2. The van der Waals surface area contributed by atoms with Gasteiger partial charge in [0.05, 0.1) is 60.2 Å². The summed E-state index contributed by atoms with van der Waals surface area (Å²) in [5, 5.41) is 53.1. The Morgan fingerprint density at radius 3 is 1.85 bits per heavy atom. The molecule has 2 aliphatic carbocycles. The van der Waals surface area contributed by atoms with Crippen molar-refractivity contribution in [3.8, 4) is 34.1 Å². The fraction of sp³-hybridized carbons (Fsp3) is 0.409.